The van der Waals surface area contributed by atoms with Crippen molar-refractivity contribution in [3.05, 3.63) is 46.7 Å². The Morgan fingerprint density at radius 2 is 2.00 bits per heavy atom. The molecule has 1 aromatic heterocycles. The van der Waals surface area contributed by atoms with Gasteiger partial charge in [0.2, 0.25) is 0 Å². The number of benzene rings is 1. The predicted molar refractivity (Wildman–Crippen MR) is 85.9 cm³/mol. The van der Waals surface area contributed by atoms with Crippen LogP contribution in [0.4, 0.5) is 5.69 Å². The molecule has 0 fully saturated rings. The highest BCUT2D eigenvalue weighted by atomic mass is 35.5. The molecular formula is C16H20ClN3O. The number of anilines is 1. The second kappa shape index (κ2) is 7.27. The molecule has 1 aromatic carbocycles. The highest BCUT2D eigenvalue weighted by Crippen LogP contribution is 2.22. The van der Waals surface area contributed by atoms with E-state index >= 15 is 0 Å². The second-order valence-electron chi connectivity index (χ2n) is 4.81. The molecule has 0 radical (unpaired) electrons. The third-order valence-electron chi connectivity index (χ3n) is 3.32. The molecule has 0 aliphatic heterocycles. The van der Waals surface area contributed by atoms with Gasteiger partial charge in [-0.05, 0) is 25.5 Å². The molecule has 112 valence electrons. The zero-order valence-corrected chi connectivity index (χ0v) is 13.2. The van der Waals surface area contributed by atoms with Crippen molar-refractivity contribution in [2.24, 2.45) is 0 Å². The van der Waals surface area contributed by atoms with Gasteiger partial charge in [0.15, 0.2) is 5.78 Å². The van der Waals surface area contributed by atoms with Gasteiger partial charge in [-0.15, -0.1) is 0 Å². The Kier molecular flexibility index (Phi) is 5.39. The molecule has 0 unspecified atom stereocenters. The van der Waals surface area contributed by atoms with Gasteiger partial charge in [0.25, 0.3) is 0 Å². The van der Waals surface area contributed by atoms with Crippen LogP contribution < -0.4 is 5.32 Å². The van der Waals surface area contributed by atoms with Crippen LogP contribution in [0.25, 0.3) is 0 Å². The Bertz CT molecular complexity index is 607. The fraction of sp³-hybridized carbons (Fsp3) is 0.375. The van der Waals surface area contributed by atoms with E-state index in [0.717, 1.165) is 23.5 Å². The molecule has 21 heavy (non-hydrogen) atoms. The molecule has 4 nitrogen and oxygen atoms in total. The molecule has 0 saturated carbocycles. The van der Waals surface area contributed by atoms with E-state index in [0.29, 0.717) is 18.0 Å². The van der Waals surface area contributed by atoms with Crippen LogP contribution in [0.1, 0.15) is 25.2 Å². The van der Waals surface area contributed by atoms with E-state index in [4.69, 9.17) is 11.6 Å². The number of ketones is 1. The highest BCUT2D eigenvalue weighted by molar-refractivity contribution is 6.32. The maximum atomic E-state index is 12.1. The number of carbonyl (C=O) groups is 1. The summed E-state index contributed by atoms with van der Waals surface area (Å²) < 4.78 is 1.82. The van der Waals surface area contributed by atoms with Gasteiger partial charge in [0.05, 0.1) is 29.4 Å². The molecule has 0 atom stereocenters. The first-order valence-corrected chi connectivity index (χ1v) is 7.58. The molecule has 1 heterocycles. The quantitative estimate of drug-likeness (QED) is 0.853. The molecule has 0 aliphatic rings. The zero-order valence-electron chi connectivity index (χ0n) is 12.4. The van der Waals surface area contributed by atoms with Crippen LogP contribution in [-0.4, -0.2) is 22.1 Å². The first kappa shape index (κ1) is 15.6. The van der Waals surface area contributed by atoms with E-state index in [1.54, 1.807) is 0 Å². The van der Waals surface area contributed by atoms with Gasteiger partial charge in [-0.1, -0.05) is 36.7 Å². The molecular weight excluding hydrogens is 286 g/mol. The Labute approximate surface area is 130 Å². The number of Topliss-reactive ketones (excluding diaryl/α,β-unsaturated/α-hetero) is 1. The second-order valence-corrected chi connectivity index (χ2v) is 5.19. The molecule has 2 rings (SSSR count). The Morgan fingerprint density at radius 1 is 1.29 bits per heavy atom. The van der Waals surface area contributed by atoms with Crippen molar-refractivity contribution in [3.63, 3.8) is 0 Å². The van der Waals surface area contributed by atoms with Crippen LogP contribution in [0.2, 0.25) is 5.02 Å². The number of hydrogen-bond acceptors (Lipinski definition) is 3. The van der Waals surface area contributed by atoms with Crippen molar-refractivity contribution in [1.29, 1.82) is 0 Å². The zero-order chi connectivity index (χ0) is 15.2. The van der Waals surface area contributed by atoms with E-state index < -0.39 is 0 Å². The maximum absolute atomic E-state index is 12.1. The lowest BCUT2D eigenvalue weighted by Gasteiger charge is -2.07. The van der Waals surface area contributed by atoms with Crippen molar-refractivity contribution in [2.75, 3.05) is 11.9 Å². The lowest BCUT2D eigenvalue weighted by atomic mass is 10.2. The van der Waals surface area contributed by atoms with E-state index in [1.807, 2.05) is 48.9 Å². The standard InChI is InChI=1S/C16H20ClN3O/c1-3-14-16(17)15(20(4-2)19-14)10-13(21)11-18-12-8-6-5-7-9-12/h5-9,18H,3-4,10-11H2,1-2H3. The molecule has 0 spiro atoms. The third kappa shape index (κ3) is 3.85. The number of aromatic nitrogens is 2. The predicted octanol–water partition coefficient (Wildman–Crippen LogP) is 3.34. The summed E-state index contributed by atoms with van der Waals surface area (Å²) in [6.07, 6.45) is 1.08. The van der Waals surface area contributed by atoms with Gasteiger partial charge in [0.1, 0.15) is 0 Å². The number of rotatable bonds is 7. The molecule has 0 amide bonds. The van der Waals surface area contributed by atoms with Crippen LogP contribution >= 0.6 is 11.6 Å². The van der Waals surface area contributed by atoms with Gasteiger partial charge in [0, 0.05) is 12.2 Å². The number of nitrogens with zero attached hydrogens (tertiary/aromatic N) is 2. The monoisotopic (exact) mass is 305 g/mol. The third-order valence-corrected chi connectivity index (χ3v) is 3.76. The summed E-state index contributed by atoms with van der Waals surface area (Å²) in [7, 11) is 0. The van der Waals surface area contributed by atoms with Gasteiger partial charge in [-0.25, -0.2) is 0 Å². The molecule has 2 aromatic rings. The van der Waals surface area contributed by atoms with Crippen LogP contribution in [0, 0.1) is 0 Å². The van der Waals surface area contributed by atoms with Crippen LogP contribution in [0.5, 0.6) is 0 Å². The average molecular weight is 306 g/mol. The van der Waals surface area contributed by atoms with E-state index in [9.17, 15) is 4.79 Å². The summed E-state index contributed by atoms with van der Waals surface area (Å²) in [6, 6.07) is 9.68. The van der Waals surface area contributed by atoms with Gasteiger partial charge in [-0.2, -0.15) is 5.10 Å². The van der Waals surface area contributed by atoms with Crippen LogP contribution in [-0.2, 0) is 24.2 Å². The van der Waals surface area contributed by atoms with Gasteiger partial charge >= 0.3 is 0 Å². The Morgan fingerprint density at radius 3 is 2.62 bits per heavy atom. The Balaban J connectivity index is 2.01. The van der Waals surface area contributed by atoms with Crippen molar-refractivity contribution >= 4 is 23.1 Å². The Hall–Kier alpha value is -1.81. The van der Waals surface area contributed by atoms with Crippen molar-refractivity contribution in [2.45, 2.75) is 33.2 Å². The van der Waals surface area contributed by atoms with Gasteiger partial charge in [-0.3, -0.25) is 9.48 Å². The number of nitrogens with one attached hydrogen (secondary N) is 1. The first-order chi connectivity index (χ1) is 10.2. The smallest absolute Gasteiger partial charge is 0.157 e. The number of carbonyl (C=O) groups excluding carboxylic acids is 1. The molecule has 5 heteroatoms. The molecule has 1 N–H and O–H groups in total. The summed E-state index contributed by atoms with van der Waals surface area (Å²) in [5.74, 6) is 0.0954. The fourth-order valence-corrected chi connectivity index (χ4v) is 2.53. The van der Waals surface area contributed by atoms with Crippen LogP contribution in [0.3, 0.4) is 0 Å². The SMILES string of the molecule is CCc1nn(CC)c(CC(=O)CNc2ccccc2)c1Cl. The number of halogens is 1. The molecule has 0 saturated heterocycles. The van der Waals surface area contributed by atoms with Crippen molar-refractivity contribution in [1.82, 2.24) is 9.78 Å². The average Bonchev–Trinajstić information content (AvgIpc) is 2.82. The fourth-order valence-electron chi connectivity index (χ4n) is 2.19. The normalized spacial score (nSPS) is 10.6. The van der Waals surface area contributed by atoms with Gasteiger partial charge < -0.3 is 5.32 Å². The lowest BCUT2D eigenvalue weighted by Crippen LogP contribution is -2.18. The summed E-state index contributed by atoms with van der Waals surface area (Å²) in [4.78, 5) is 12.1. The molecule has 0 bridgehead atoms. The summed E-state index contributed by atoms with van der Waals surface area (Å²) in [5.41, 5.74) is 2.61. The largest absolute Gasteiger partial charge is 0.378 e. The van der Waals surface area contributed by atoms with Crippen LogP contribution in [0.15, 0.2) is 30.3 Å². The van der Waals surface area contributed by atoms with Crippen molar-refractivity contribution < 1.29 is 4.79 Å². The minimum Gasteiger partial charge on any atom is -0.378 e. The van der Waals surface area contributed by atoms with E-state index in [2.05, 4.69) is 10.4 Å². The number of hydrogen-bond donors (Lipinski definition) is 1. The number of aryl methyl sites for hydroxylation is 2. The maximum Gasteiger partial charge on any atom is 0.157 e. The topological polar surface area (TPSA) is 46.9 Å². The minimum atomic E-state index is 0.0954. The summed E-state index contributed by atoms with van der Waals surface area (Å²) >= 11 is 6.31. The lowest BCUT2D eigenvalue weighted by molar-refractivity contribution is -0.116. The summed E-state index contributed by atoms with van der Waals surface area (Å²) in [6.45, 7) is 5.01. The highest BCUT2D eigenvalue weighted by Gasteiger charge is 2.17. The van der Waals surface area contributed by atoms with E-state index in [-0.39, 0.29) is 12.3 Å². The summed E-state index contributed by atoms with van der Waals surface area (Å²) in [5, 5.41) is 8.18. The first-order valence-electron chi connectivity index (χ1n) is 7.20. The van der Waals surface area contributed by atoms with E-state index in [1.165, 1.54) is 0 Å². The molecule has 0 aliphatic carbocycles. The minimum absolute atomic E-state index is 0.0954. The number of para-hydroxylation sites is 1. The van der Waals surface area contributed by atoms with Crippen molar-refractivity contribution in [3.8, 4) is 0 Å².